The lowest BCUT2D eigenvalue weighted by Crippen LogP contribution is -2.24. The van der Waals surface area contributed by atoms with Gasteiger partial charge in [0.1, 0.15) is 0 Å². The van der Waals surface area contributed by atoms with Crippen LogP contribution < -0.4 is 5.56 Å². The number of rotatable bonds is 2. The number of aromatic nitrogens is 2. The Morgan fingerprint density at radius 3 is 3.25 bits per heavy atom. The third-order valence-corrected chi connectivity index (χ3v) is 2.13. The highest BCUT2D eigenvalue weighted by molar-refractivity contribution is 4.81. The van der Waals surface area contributed by atoms with Gasteiger partial charge in [0, 0.05) is 18.9 Å². The van der Waals surface area contributed by atoms with Crippen molar-refractivity contribution in [2.75, 3.05) is 6.61 Å². The normalized spacial score (nSPS) is 23.2. The number of H-pyrrole nitrogens is 1. The molecular formula is C8H12N2O2. The second kappa shape index (κ2) is 3.15. The zero-order valence-electron chi connectivity index (χ0n) is 6.82. The maximum absolute atomic E-state index is 11.1. The number of nitrogens with one attached hydrogen (secondary N) is 1. The molecule has 0 amide bonds. The first-order chi connectivity index (χ1) is 5.86. The van der Waals surface area contributed by atoms with Crippen molar-refractivity contribution < 1.29 is 4.74 Å². The summed E-state index contributed by atoms with van der Waals surface area (Å²) >= 11 is 0. The molecule has 0 bridgehead atoms. The molecule has 1 aliphatic rings. The second-order valence-corrected chi connectivity index (χ2v) is 3.05. The van der Waals surface area contributed by atoms with Gasteiger partial charge in [0.25, 0.3) is 5.56 Å². The predicted molar refractivity (Wildman–Crippen MR) is 44.0 cm³/mol. The fourth-order valence-corrected chi connectivity index (χ4v) is 1.49. The molecule has 0 saturated carbocycles. The molecule has 0 unspecified atom stereocenters. The van der Waals surface area contributed by atoms with Crippen LogP contribution in [0.1, 0.15) is 12.8 Å². The largest absolute Gasteiger partial charge is 0.376 e. The maximum Gasteiger partial charge on any atom is 0.266 e. The van der Waals surface area contributed by atoms with Crippen LogP contribution in [0.3, 0.4) is 0 Å². The van der Waals surface area contributed by atoms with Crippen LogP contribution in [0.5, 0.6) is 0 Å². The van der Waals surface area contributed by atoms with Crippen LogP contribution in [-0.2, 0) is 11.3 Å². The molecule has 0 radical (unpaired) electrons. The standard InChI is InChI=1S/C8H12N2O2/c11-8-3-4-9-10(8)6-7-2-1-5-12-7/h3-4,7,9H,1-2,5-6H2/t7-/m0/s1. The summed E-state index contributed by atoms with van der Waals surface area (Å²) in [5, 5.41) is 2.86. The van der Waals surface area contributed by atoms with Crippen LogP contribution in [0.25, 0.3) is 0 Å². The Morgan fingerprint density at radius 1 is 1.75 bits per heavy atom. The molecule has 2 rings (SSSR count). The number of nitrogens with zero attached hydrogens (tertiary/aromatic N) is 1. The number of hydrogen-bond acceptors (Lipinski definition) is 2. The summed E-state index contributed by atoms with van der Waals surface area (Å²) in [6.07, 6.45) is 4.05. The van der Waals surface area contributed by atoms with Crippen molar-refractivity contribution in [1.82, 2.24) is 9.78 Å². The molecule has 1 saturated heterocycles. The van der Waals surface area contributed by atoms with Crippen LogP contribution in [0.4, 0.5) is 0 Å². The van der Waals surface area contributed by atoms with E-state index >= 15 is 0 Å². The van der Waals surface area contributed by atoms with E-state index in [2.05, 4.69) is 5.10 Å². The summed E-state index contributed by atoms with van der Waals surface area (Å²) in [7, 11) is 0. The molecule has 1 N–H and O–H groups in total. The van der Waals surface area contributed by atoms with Crippen LogP contribution in [0.2, 0.25) is 0 Å². The zero-order valence-corrected chi connectivity index (χ0v) is 6.82. The average molecular weight is 168 g/mol. The quantitative estimate of drug-likeness (QED) is 0.692. The SMILES string of the molecule is O=c1cc[nH]n1C[C@@H]1CCCO1. The topological polar surface area (TPSA) is 47.0 Å². The third kappa shape index (κ3) is 1.43. The Kier molecular flexibility index (Phi) is 1.99. The predicted octanol–water partition coefficient (Wildman–Crippen LogP) is 0.355. The Hall–Kier alpha value is -1.03. The second-order valence-electron chi connectivity index (χ2n) is 3.05. The van der Waals surface area contributed by atoms with Gasteiger partial charge in [-0.05, 0) is 12.8 Å². The van der Waals surface area contributed by atoms with Gasteiger partial charge in [-0.1, -0.05) is 0 Å². The fraction of sp³-hybridized carbons (Fsp3) is 0.625. The van der Waals surface area contributed by atoms with Crippen molar-refractivity contribution in [3.05, 3.63) is 22.6 Å². The smallest absolute Gasteiger partial charge is 0.266 e. The van der Waals surface area contributed by atoms with Crippen LogP contribution in [0.15, 0.2) is 17.1 Å². The van der Waals surface area contributed by atoms with E-state index in [9.17, 15) is 4.79 Å². The van der Waals surface area contributed by atoms with Gasteiger partial charge < -0.3 is 9.84 Å². The minimum absolute atomic E-state index is 0.0190. The molecule has 0 spiro atoms. The van der Waals surface area contributed by atoms with E-state index in [1.54, 1.807) is 10.9 Å². The van der Waals surface area contributed by atoms with E-state index in [1.165, 1.54) is 6.07 Å². The molecule has 1 aliphatic heterocycles. The first-order valence-electron chi connectivity index (χ1n) is 4.22. The van der Waals surface area contributed by atoms with E-state index in [4.69, 9.17) is 4.74 Å². The number of hydrogen-bond donors (Lipinski definition) is 1. The maximum atomic E-state index is 11.1. The molecule has 1 aromatic rings. The Labute approximate surface area is 70.1 Å². The molecular weight excluding hydrogens is 156 g/mol. The molecule has 0 aromatic carbocycles. The summed E-state index contributed by atoms with van der Waals surface area (Å²) < 4.78 is 6.98. The lowest BCUT2D eigenvalue weighted by Gasteiger charge is -2.08. The van der Waals surface area contributed by atoms with Crippen molar-refractivity contribution in [1.29, 1.82) is 0 Å². The summed E-state index contributed by atoms with van der Waals surface area (Å²) in [5.41, 5.74) is 0.0190. The summed E-state index contributed by atoms with van der Waals surface area (Å²) in [6.45, 7) is 1.49. The monoisotopic (exact) mass is 168 g/mol. The lowest BCUT2D eigenvalue weighted by molar-refractivity contribution is 0.0932. The van der Waals surface area contributed by atoms with Gasteiger partial charge in [0.15, 0.2) is 0 Å². The van der Waals surface area contributed by atoms with Gasteiger partial charge in [-0.2, -0.15) is 0 Å². The highest BCUT2D eigenvalue weighted by Crippen LogP contribution is 2.12. The summed E-state index contributed by atoms with van der Waals surface area (Å²) in [5.74, 6) is 0. The summed E-state index contributed by atoms with van der Waals surface area (Å²) in [4.78, 5) is 11.1. The third-order valence-electron chi connectivity index (χ3n) is 2.13. The zero-order chi connectivity index (χ0) is 8.39. The van der Waals surface area contributed by atoms with Crippen molar-refractivity contribution in [3.63, 3.8) is 0 Å². The molecule has 66 valence electrons. The van der Waals surface area contributed by atoms with E-state index in [1.807, 2.05) is 0 Å². The molecule has 4 nitrogen and oxygen atoms in total. The molecule has 1 fully saturated rings. The number of ether oxygens (including phenoxy) is 1. The fourth-order valence-electron chi connectivity index (χ4n) is 1.49. The molecule has 12 heavy (non-hydrogen) atoms. The van der Waals surface area contributed by atoms with E-state index in [0.717, 1.165) is 19.4 Å². The lowest BCUT2D eigenvalue weighted by atomic mass is 10.2. The molecule has 1 aromatic heterocycles. The Bertz CT molecular complexity index is 296. The Morgan fingerprint density at radius 2 is 2.67 bits per heavy atom. The first-order valence-corrected chi connectivity index (χ1v) is 4.22. The van der Waals surface area contributed by atoms with Gasteiger partial charge in [0.2, 0.25) is 0 Å². The minimum atomic E-state index is 0.0190. The van der Waals surface area contributed by atoms with Gasteiger partial charge in [-0.15, -0.1) is 0 Å². The van der Waals surface area contributed by atoms with Gasteiger partial charge in [0.05, 0.1) is 12.6 Å². The number of aromatic amines is 1. The summed E-state index contributed by atoms with van der Waals surface area (Å²) in [6, 6.07) is 1.52. The van der Waals surface area contributed by atoms with E-state index in [-0.39, 0.29) is 11.7 Å². The molecule has 0 aliphatic carbocycles. The van der Waals surface area contributed by atoms with Gasteiger partial charge in [-0.3, -0.25) is 9.48 Å². The van der Waals surface area contributed by atoms with Crippen molar-refractivity contribution >= 4 is 0 Å². The van der Waals surface area contributed by atoms with Gasteiger partial charge >= 0.3 is 0 Å². The molecule has 2 heterocycles. The van der Waals surface area contributed by atoms with E-state index < -0.39 is 0 Å². The highest BCUT2D eigenvalue weighted by atomic mass is 16.5. The molecule has 4 heteroatoms. The highest BCUT2D eigenvalue weighted by Gasteiger charge is 2.16. The van der Waals surface area contributed by atoms with Crippen LogP contribution in [0, 0.1) is 0 Å². The van der Waals surface area contributed by atoms with Crippen LogP contribution >= 0.6 is 0 Å². The van der Waals surface area contributed by atoms with Crippen molar-refractivity contribution in [2.24, 2.45) is 0 Å². The van der Waals surface area contributed by atoms with E-state index in [0.29, 0.717) is 6.54 Å². The van der Waals surface area contributed by atoms with Crippen molar-refractivity contribution in [2.45, 2.75) is 25.5 Å². The average Bonchev–Trinajstić information content (AvgIpc) is 2.65. The van der Waals surface area contributed by atoms with Crippen molar-refractivity contribution in [3.8, 4) is 0 Å². The van der Waals surface area contributed by atoms with Crippen LogP contribution in [-0.4, -0.2) is 22.5 Å². The minimum Gasteiger partial charge on any atom is -0.376 e. The Balaban J connectivity index is 2.03. The first kappa shape index (κ1) is 7.61. The molecule has 1 atom stereocenters. The van der Waals surface area contributed by atoms with Gasteiger partial charge in [-0.25, -0.2) is 0 Å².